The Labute approximate surface area is 113 Å². The summed E-state index contributed by atoms with van der Waals surface area (Å²) in [5, 5.41) is 14.8. The van der Waals surface area contributed by atoms with E-state index in [1.54, 1.807) is 18.3 Å². The molecule has 0 aromatic carbocycles. The van der Waals surface area contributed by atoms with Crippen molar-refractivity contribution in [1.82, 2.24) is 15.0 Å². The molecule has 1 N–H and O–H groups in total. The first kappa shape index (κ1) is 13.2. The van der Waals surface area contributed by atoms with Crippen molar-refractivity contribution >= 4 is 23.4 Å². The number of nitro groups is 1. The average Bonchev–Trinajstić information content (AvgIpc) is 2.40. The van der Waals surface area contributed by atoms with Gasteiger partial charge in [-0.3, -0.25) is 10.1 Å². The van der Waals surface area contributed by atoms with Crippen LogP contribution in [0.2, 0.25) is 0 Å². The highest BCUT2D eigenvalue weighted by atomic mass is 32.2. The van der Waals surface area contributed by atoms with E-state index in [1.165, 1.54) is 6.20 Å². The van der Waals surface area contributed by atoms with Crippen LogP contribution in [0.5, 0.6) is 0 Å². The van der Waals surface area contributed by atoms with E-state index >= 15 is 0 Å². The molecule has 0 aliphatic carbocycles. The van der Waals surface area contributed by atoms with Crippen molar-refractivity contribution < 1.29 is 4.92 Å². The fourth-order valence-corrected chi connectivity index (χ4v) is 2.13. The Bertz CT molecular complexity index is 579. The van der Waals surface area contributed by atoms with Crippen LogP contribution in [-0.2, 0) is 0 Å². The van der Waals surface area contributed by atoms with Crippen molar-refractivity contribution in [2.45, 2.75) is 17.0 Å². The van der Waals surface area contributed by atoms with Crippen molar-refractivity contribution in [3.8, 4) is 0 Å². The van der Waals surface area contributed by atoms with E-state index in [2.05, 4.69) is 20.3 Å². The van der Waals surface area contributed by atoms with Crippen molar-refractivity contribution in [1.29, 1.82) is 0 Å². The molecule has 2 aromatic rings. The molecule has 98 valence electrons. The molecule has 0 saturated carbocycles. The van der Waals surface area contributed by atoms with Crippen molar-refractivity contribution in [3.05, 3.63) is 40.7 Å². The molecule has 0 amide bonds. The summed E-state index contributed by atoms with van der Waals surface area (Å²) in [6.07, 6.45) is 2.83. The summed E-state index contributed by atoms with van der Waals surface area (Å²) in [6, 6.07) is 5.36. The first-order chi connectivity index (χ1) is 9.20. The quantitative estimate of drug-likeness (QED) is 0.509. The largest absolute Gasteiger partial charge is 0.354 e. The number of hydrogen-bond acceptors (Lipinski definition) is 7. The maximum Gasteiger partial charge on any atom is 0.320 e. The highest BCUT2D eigenvalue weighted by Gasteiger charge is 2.18. The Hall–Kier alpha value is -2.22. The number of nitrogens with zero attached hydrogens (tertiary/aromatic N) is 4. The molecule has 2 aromatic heterocycles. The van der Waals surface area contributed by atoms with Gasteiger partial charge in [-0.25, -0.2) is 9.97 Å². The fraction of sp³-hybridized carbons (Fsp3) is 0.182. The Kier molecular flexibility index (Phi) is 4.24. The van der Waals surface area contributed by atoms with Gasteiger partial charge in [0.2, 0.25) is 5.95 Å². The molecule has 0 bridgehead atoms. The molecule has 0 saturated heterocycles. The van der Waals surface area contributed by atoms with Gasteiger partial charge in [0.15, 0.2) is 5.03 Å². The summed E-state index contributed by atoms with van der Waals surface area (Å²) >= 11 is 1.14. The standard InChI is InChI=1S/C11H11N5O2S/c1-2-12-11-14-7-8(16(17)18)10(15-11)19-9-5-3-4-6-13-9/h3-7H,2H2,1H3,(H,12,14,15). The van der Waals surface area contributed by atoms with E-state index in [0.29, 0.717) is 17.5 Å². The fourth-order valence-electron chi connectivity index (χ4n) is 1.31. The highest BCUT2D eigenvalue weighted by Crippen LogP contribution is 2.31. The maximum absolute atomic E-state index is 11.0. The van der Waals surface area contributed by atoms with Crippen LogP contribution in [0.3, 0.4) is 0 Å². The van der Waals surface area contributed by atoms with E-state index in [-0.39, 0.29) is 10.7 Å². The third-order valence-corrected chi connectivity index (χ3v) is 3.05. The molecule has 2 rings (SSSR count). The second kappa shape index (κ2) is 6.10. The lowest BCUT2D eigenvalue weighted by Gasteiger charge is -2.04. The first-order valence-corrected chi connectivity index (χ1v) is 6.36. The van der Waals surface area contributed by atoms with E-state index in [4.69, 9.17) is 0 Å². The molecule has 8 heteroatoms. The molecule has 2 heterocycles. The summed E-state index contributed by atoms with van der Waals surface area (Å²) in [5.74, 6) is 0.367. The van der Waals surface area contributed by atoms with Gasteiger partial charge in [-0.1, -0.05) is 6.07 Å². The second-order valence-electron chi connectivity index (χ2n) is 3.44. The molecular weight excluding hydrogens is 266 g/mol. The number of rotatable bonds is 5. The molecule has 0 aliphatic heterocycles. The van der Waals surface area contributed by atoms with Crippen LogP contribution in [0, 0.1) is 10.1 Å². The first-order valence-electron chi connectivity index (χ1n) is 5.55. The van der Waals surface area contributed by atoms with E-state index in [9.17, 15) is 10.1 Å². The minimum atomic E-state index is -0.499. The number of aromatic nitrogens is 3. The second-order valence-corrected chi connectivity index (χ2v) is 4.45. The number of pyridine rings is 1. The molecule has 19 heavy (non-hydrogen) atoms. The van der Waals surface area contributed by atoms with Crippen LogP contribution in [0.4, 0.5) is 11.6 Å². The minimum absolute atomic E-state index is 0.127. The number of hydrogen-bond donors (Lipinski definition) is 1. The zero-order valence-corrected chi connectivity index (χ0v) is 10.9. The average molecular weight is 277 g/mol. The molecule has 7 nitrogen and oxygen atoms in total. The normalized spacial score (nSPS) is 10.2. The van der Waals surface area contributed by atoms with Crippen LogP contribution in [0.1, 0.15) is 6.92 Å². The van der Waals surface area contributed by atoms with Gasteiger partial charge >= 0.3 is 5.69 Å². The Morgan fingerprint density at radius 3 is 2.89 bits per heavy atom. The molecule has 0 unspecified atom stereocenters. The van der Waals surface area contributed by atoms with E-state index in [0.717, 1.165) is 11.8 Å². The SMILES string of the molecule is CCNc1ncc([N+](=O)[O-])c(Sc2ccccn2)n1. The van der Waals surface area contributed by atoms with Gasteiger partial charge in [-0.05, 0) is 30.8 Å². The summed E-state index contributed by atoms with van der Waals surface area (Å²) in [4.78, 5) is 22.6. The van der Waals surface area contributed by atoms with Gasteiger partial charge in [0.1, 0.15) is 11.2 Å². The molecular formula is C11H11N5O2S. The number of nitrogens with one attached hydrogen (secondary N) is 1. The van der Waals surface area contributed by atoms with Gasteiger partial charge in [0.05, 0.1) is 4.92 Å². The van der Waals surface area contributed by atoms with Gasteiger partial charge in [-0.2, -0.15) is 4.98 Å². The Balaban J connectivity index is 2.35. The monoisotopic (exact) mass is 277 g/mol. The van der Waals surface area contributed by atoms with Crippen molar-refractivity contribution in [2.24, 2.45) is 0 Å². The predicted molar refractivity (Wildman–Crippen MR) is 71.2 cm³/mol. The zero-order valence-electron chi connectivity index (χ0n) is 10.1. The molecule has 0 fully saturated rings. The van der Waals surface area contributed by atoms with Crippen LogP contribution in [-0.4, -0.2) is 26.4 Å². The van der Waals surface area contributed by atoms with Crippen LogP contribution in [0.25, 0.3) is 0 Å². The summed E-state index contributed by atoms with van der Waals surface area (Å²) in [6.45, 7) is 2.54. The van der Waals surface area contributed by atoms with Crippen LogP contribution >= 0.6 is 11.8 Å². The van der Waals surface area contributed by atoms with Gasteiger partial charge in [0, 0.05) is 12.7 Å². The van der Waals surface area contributed by atoms with Crippen LogP contribution < -0.4 is 5.32 Å². The lowest BCUT2D eigenvalue weighted by Crippen LogP contribution is -2.04. The summed E-state index contributed by atoms with van der Waals surface area (Å²) in [5.41, 5.74) is -0.127. The third kappa shape index (κ3) is 3.38. The summed E-state index contributed by atoms with van der Waals surface area (Å²) < 4.78 is 0. The van der Waals surface area contributed by atoms with Gasteiger partial charge in [-0.15, -0.1) is 0 Å². The molecule has 0 aliphatic rings. The topological polar surface area (TPSA) is 93.8 Å². The van der Waals surface area contributed by atoms with E-state index in [1.807, 2.05) is 13.0 Å². The van der Waals surface area contributed by atoms with E-state index < -0.39 is 4.92 Å². The van der Waals surface area contributed by atoms with Crippen molar-refractivity contribution in [2.75, 3.05) is 11.9 Å². The summed E-state index contributed by atoms with van der Waals surface area (Å²) in [7, 11) is 0. The lowest BCUT2D eigenvalue weighted by molar-refractivity contribution is -0.388. The smallest absolute Gasteiger partial charge is 0.320 e. The van der Waals surface area contributed by atoms with Crippen molar-refractivity contribution in [3.63, 3.8) is 0 Å². The maximum atomic E-state index is 11.0. The number of anilines is 1. The molecule has 0 atom stereocenters. The van der Waals surface area contributed by atoms with Crippen LogP contribution in [0.15, 0.2) is 40.6 Å². The third-order valence-electron chi connectivity index (χ3n) is 2.11. The van der Waals surface area contributed by atoms with Gasteiger partial charge < -0.3 is 5.32 Å². The molecule has 0 radical (unpaired) electrons. The minimum Gasteiger partial charge on any atom is -0.354 e. The predicted octanol–water partition coefficient (Wildman–Crippen LogP) is 2.36. The zero-order chi connectivity index (χ0) is 13.7. The van der Waals surface area contributed by atoms with Gasteiger partial charge in [0.25, 0.3) is 0 Å². The Morgan fingerprint density at radius 1 is 1.42 bits per heavy atom. The lowest BCUT2D eigenvalue weighted by atomic mass is 10.5. The highest BCUT2D eigenvalue weighted by molar-refractivity contribution is 7.99. The Morgan fingerprint density at radius 2 is 2.26 bits per heavy atom. The molecule has 0 spiro atoms.